The number of benzene rings is 2. The fourth-order valence-corrected chi connectivity index (χ4v) is 2.43. The van der Waals surface area contributed by atoms with Crippen LogP contribution in [0.1, 0.15) is 21.5 Å². The van der Waals surface area contributed by atoms with Crippen LogP contribution >= 0.6 is 0 Å². The molecule has 6 heteroatoms. The third kappa shape index (κ3) is 4.03. The van der Waals surface area contributed by atoms with Gasteiger partial charge in [0.1, 0.15) is 17.5 Å². The van der Waals surface area contributed by atoms with Crippen molar-refractivity contribution in [3.05, 3.63) is 83.1 Å². The zero-order valence-electron chi connectivity index (χ0n) is 14.3. The molecule has 132 valence electrons. The topological polar surface area (TPSA) is 54.0 Å². The predicted molar refractivity (Wildman–Crippen MR) is 97.7 cm³/mol. The summed E-state index contributed by atoms with van der Waals surface area (Å²) in [5, 5.41) is 5.61. The zero-order chi connectivity index (χ0) is 18.7. The number of rotatable bonds is 4. The molecule has 1 aromatic heterocycles. The summed E-state index contributed by atoms with van der Waals surface area (Å²) in [5.74, 6) is -1.42. The Morgan fingerprint density at radius 1 is 0.962 bits per heavy atom. The monoisotopic (exact) mass is 353 g/mol. The number of aryl methyl sites for hydroxylation is 2. The highest BCUT2D eigenvalue weighted by molar-refractivity contribution is 6.05. The summed E-state index contributed by atoms with van der Waals surface area (Å²) >= 11 is 0. The smallest absolute Gasteiger partial charge is 0.255 e. The Morgan fingerprint density at radius 3 is 2.54 bits per heavy atom. The van der Waals surface area contributed by atoms with Crippen molar-refractivity contribution in [2.45, 2.75) is 13.8 Å². The minimum Gasteiger partial charge on any atom is -0.338 e. The van der Waals surface area contributed by atoms with Crippen molar-refractivity contribution in [3.63, 3.8) is 0 Å². The number of anilines is 3. The summed E-state index contributed by atoms with van der Waals surface area (Å²) in [6.07, 6.45) is 1.45. The van der Waals surface area contributed by atoms with Gasteiger partial charge < -0.3 is 10.6 Å². The van der Waals surface area contributed by atoms with Crippen LogP contribution < -0.4 is 10.6 Å². The maximum atomic E-state index is 13.8. The van der Waals surface area contributed by atoms with E-state index in [2.05, 4.69) is 15.6 Å². The molecular formula is C20H17F2N3O. The molecule has 4 nitrogen and oxygen atoms in total. The Morgan fingerprint density at radius 2 is 1.77 bits per heavy atom. The van der Waals surface area contributed by atoms with Crippen molar-refractivity contribution >= 4 is 23.1 Å². The summed E-state index contributed by atoms with van der Waals surface area (Å²) < 4.78 is 26.7. The number of carbonyl (C=O) groups excluding carboxylic acids is 1. The van der Waals surface area contributed by atoms with E-state index in [1.165, 1.54) is 18.3 Å². The Labute approximate surface area is 149 Å². The summed E-state index contributed by atoms with van der Waals surface area (Å²) in [6, 6.07) is 12.0. The van der Waals surface area contributed by atoms with Crippen molar-refractivity contribution < 1.29 is 13.6 Å². The van der Waals surface area contributed by atoms with Crippen LogP contribution in [0.15, 0.2) is 54.7 Å². The Balaban J connectivity index is 1.80. The largest absolute Gasteiger partial charge is 0.338 e. The van der Waals surface area contributed by atoms with Gasteiger partial charge in [-0.2, -0.15) is 0 Å². The van der Waals surface area contributed by atoms with E-state index in [9.17, 15) is 13.6 Å². The van der Waals surface area contributed by atoms with Gasteiger partial charge in [-0.25, -0.2) is 13.8 Å². The highest BCUT2D eigenvalue weighted by atomic mass is 19.1. The first kappa shape index (κ1) is 17.5. The van der Waals surface area contributed by atoms with E-state index in [4.69, 9.17) is 0 Å². The van der Waals surface area contributed by atoms with E-state index < -0.39 is 11.6 Å². The molecule has 2 aromatic carbocycles. The number of nitrogens with zero attached hydrogens (tertiary/aromatic N) is 1. The van der Waals surface area contributed by atoms with E-state index in [1.807, 2.05) is 32.0 Å². The number of hydrogen-bond acceptors (Lipinski definition) is 3. The first-order valence-corrected chi connectivity index (χ1v) is 7.99. The molecule has 1 amide bonds. The Hall–Kier alpha value is -3.28. The molecule has 26 heavy (non-hydrogen) atoms. The summed E-state index contributed by atoms with van der Waals surface area (Å²) in [4.78, 5) is 16.6. The van der Waals surface area contributed by atoms with E-state index in [1.54, 1.807) is 6.07 Å². The minimum atomic E-state index is -0.739. The lowest BCUT2D eigenvalue weighted by atomic mass is 10.1. The molecule has 0 aliphatic rings. The number of aromatic nitrogens is 1. The van der Waals surface area contributed by atoms with Crippen LogP contribution in [0, 0.1) is 25.5 Å². The molecule has 0 bridgehead atoms. The number of hydrogen-bond donors (Lipinski definition) is 2. The highest BCUT2D eigenvalue weighted by Gasteiger charge is 2.11. The molecule has 2 N–H and O–H groups in total. The van der Waals surface area contributed by atoms with Crippen molar-refractivity contribution in [2.75, 3.05) is 10.6 Å². The van der Waals surface area contributed by atoms with Gasteiger partial charge in [-0.3, -0.25) is 4.79 Å². The molecule has 0 saturated carbocycles. The molecule has 3 aromatic rings. The lowest BCUT2D eigenvalue weighted by Gasteiger charge is -2.11. The van der Waals surface area contributed by atoms with Gasteiger partial charge >= 0.3 is 0 Å². The molecule has 0 aliphatic carbocycles. The van der Waals surface area contributed by atoms with Gasteiger partial charge in [0, 0.05) is 23.5 Å². The predicted octanol–water partition coefficient (Wildman–Crippen LogP) is 4.97. The van der Waals surface area contributed by atoms with Gasteiger partial charge in [0.2, 0.25) is 0 Å². The normalized spacial score (nSPS) is 10.5. The Kier molecular flexibility index (Phi) is 4.93. The maximum absolute atomic E-state index is 13.8. The van der Waals surface area contributed by atoms with E-state index in [0.29, 0.717) is 5.56 Å². The molecule has 0 radical (unpaired) electrons. The van der Waals surface area contributed by atoms with E-state index in [0.717, 1.165) is 28.9 Å². The van der Waals surface area contributed by atoms with Crippen LogP contribution in [0.4, 0.5) is 26.0 Å². The zero-order valence-corrected chi connectivity index (χ0v) is 14.3. The molecule has 0 unspecified atom stereocenters. The number of amides is 1. The number of nitrogens with one attached hydrogen (secondary N) is 2. The van der Waals surface area contributed by atoms with Gasteiger partial charge in [-0.1, -0.05) is 12.1 Å². The van der Waals surface area contributed by atoms with E-state index in [-0.39, 0.29) is 17.4 Å². The lowest BCUT2D eigenvalue weighted by Crippen LogP contribution is -2.13. The van der Waals surface area contributed by atoms with Crippen LogP contribution in [0.2, 0.25) is 0 Å². The fourth-order valence-electron chi connectivity index (χ4n) is 2.43. The average Bonchev–Trinajstić information content (AvgIpc) is 2.61. The van der Waals surface area contributed by atoms with Crippen molar-refractivity contribution in [2.24, 2.45) is 0 Å². The first-order valence-electron chi connectivity index (χ1n) is 7.99. The van der Waals surface area contributed by atoms with E-state index >= 15 is 0 Å². The Bertz CT molecular complexity index is 973. The molecule has 0 fully saturated rings. The van der Waals surface area contributed by atoms with Gasteiger partial charge in [-0.05, 0) is 55.3 Å². The summed E-state index contributed by atoms with van der Waals surface area (Å²) in [7, 11) is 0. The van der Waals surface area contributed by atoms with Crippen LogP contribution in [-0.4, -0.2) is 10.9 Å². The third-order valence-electron chi connectivity index (χ3n) is 3.86. The average molecular weight is 353 g/mol. The lowest BCUT2D eigenvalue weighted by molar-refractivity contribution is 0.102. The van der Waals surface area contributed by atoms with Gasteiger partial charge in [0.15, 0.2) is 0 Å². The molecule has 0 aliphatic heterocycles. The number of carbonyl (C=O) groups is 1. The van der Waals surface area contributed by atoms with Crippen molar-refractivity contribution in [3.8, 4) is 0 Å². The van der Waals surface area contributed by atoms with Gasteiger partial charge in [0.05, 0.1) is 5.69 Å². The van der Waals surface area contributed by atoms with Crippen LogP contribution in [0.5, 0.6) is 0 Å². The molecule has 3 rings (SSSR count). The maximum Gasteiger partial charge on any atom is 0.255 e. The fraction of sp³-hybridized carbons (Fsp3) is 0.100. The van der Waals surface area contributed by atoms with Crippen LogP contribution in [0.3, 0.4) is 0 Å². The van der Waals surface area contributed by atoms with Crippen molar-refractivity contribution in [1.29, 1.82) is 0 Å². The highest BCUT2D eigenvalue weighted by Crippen LogP contribution is 2.21. The standard InChI is InChI=1S/C20H17F2N3O/c1-12-3-4-13(2)18(9-12)25-20(26)14-7-8-23-19(10-14)24-17-6-5-15(21)11-16(17)22/h3-11H,1-2H3,(H,23,24)(H,25,26). The second-order valence-electron chi connectivity index (χ2n) is 5.95. The molecule has 0 atom stereocenters. The first-order chi connectivity index (χ1) is 12.4. The van der Waals surface area contributed by atoms with Gasteiger partial charge in [-0.15, -0.1) is 0 Å². The van der Waals surface area contributed by atoms with Crippen LogP contribution in [-0.2, 0) is 0 Å². The molecule has 0 saturated heterocycles. The second kappa shape index (κ2) is 7.31. The second-order valence-corrected chi connectivity index (χ2v) is 5.95. The quantitative estimate of drug-likeness (QED) is 0.696. The third-order valence-corrected chi connectivity index (χ3v) is 3.86. The SMILES string of the molecule is Cc1ccc(C)c(NC(=O)c2ccnc(Nc3ccc(F)cc3F)c2)c1. The number of halogens is 2. The van der Waals surface area contributed by atoms with Crippen LogP contribution in [0.25, 0.3) is 0 Å². The van der Waals surface area contributed by atoms with Gasteiger partial charge in [0.25, 0.3) is 5.91 Å². The minimum absolute atomic E-state index is 0.0750. The molecule has 1 heterocycles. The summed E-state index contributed by atoms with van der Waals surface area (Å²) in [6.45, 7) is 3.85. The summed E-state index contributed by atoms with van der Waals surface area (Å²) in [5.41, 5.74) is 3.15. The molecule has 0 spiro atoms. The number of pyridine rings is 1. The van der Waals surface area contributed by atoms with Crippen molar-refractivity contribution in [1.82, 2.24) is 4.98 Å². The molecular weight excluding hydrogens is 336 g/mol.